The molecule has 68 valence electrons. The van der Waals surface area contributed by atoms with Gasteiger partial charge in [0, 0.05) is 9.65 Å². The molecule has 0 unspecified atom stereocenters. The maximum atomic E-state index is 10.4. The van der Waals surface area contributed by atoms with Crippen LogP contribution in [0.4, 0.5) is 0 Å². The van der Waals surface area contributed by atoms with Gasteiger partial charge in [-0.3, -0.25) is 0 Å². The van der Waals surface area contributed by atoms with Gasteiger partial charge in [0.2, 0.25) is 0 Å². The van der Waals surface area contributed by atoms with Crippen molar-refractivity contribution in [3.8, 4) is 0 Å². The second-order valence-corrected chi connectivity index (χ2v) is 3.92. The SMILES string of the molecule is CC(=CC(=O)O)c1ccc(I)cc1. The molecular weight excluding hydrogens is 279 g/mol. The highest BCUT2D eigenvalue weighted by atomic mass is 127. The third kappa shape index (κ3) is 3.18. The molecule has 0 amide bonds. The quantitative estimate of drug-likeness (QED) is 0.671. The molecular formula is C10H9IO2. The van der Waals surface area contributed by atoms with Gasteiger partial charge < -0.3 is 5.11 Å². The van der Waals surface area contributed by atoms with Crippen LogP contribution >= 0.6 is 22.6 Å². The molecule has 0 spiro atoms. The van der Waals surface area contributed by atoms with Crippen LogP contribution in [0.2, 0.25) is 0 Å². The Labute approximate surface area is 90.4 Å². The summed E-state index contributed by atoms with van der Waals surface area (Å²) in [6.07, 6.45) is 1.21. The molecule has 1 aromatic rings. The maximum absolute atomic E-state index is 10.4. The molecule has 13 heavy (non-hydrogen) atoms. The van der Waals surface area contributed by atoms with Gasteiger partial charge in [-0.25, -0.2) is 4.79 Å². The minimum atomic E-state index is -0.906. The summed E-state index contributed by atoms with van der Waals surface area (Å²) in [4.78, 5) is 10.4. The van der Waals surface area contributed by atoms with E-state index in [9.17, 15) is 4.79 Å². The van der Waals surface area contributed by atoms with Crippen LogP contribution in [0, 0.1) is 3.57 Å². The summed E-state index contributed by atoms with van der Waals surface area (Å²) < 4.78 is 1.14. The van der Waals surface area contributed by atoms with Crippen LogP contribution in [0.25, 0.3) is 5.57 Å². The molecule has 0 aliphatic rings. The van der Waals surface area contributed by atoms with Crippen molar-refractivity contribution in [3.05, 3.63) is 39.5 Å². The van der Waals surface area contributed by atoms with Gasteiger partial charge in [-0.2, -0.15) is 0 Å². The molecule has 2 nitrogen and oxygen atoms in total. The van der Waals surface area contributed by atoms with Gasteiger partial charge >= 0.3 is 5.97 Å². The van der Waals surface area contributed by atoms with Crippen LogP contribution in [-0.4, -0.2) is 11.1 Å². The van der Waals surface area contributed by atoms with E-state index in [2.05, 4.69) is 22.6 Å². The van der Waals surface area contributed by atoms with E-state index in [1.807, 2.05) is 24.3 Å². The van der Waals surface area contributed by atoms with Crippen LogP contribution in [0.3, 0.4) is 0 Å². The average Bonchev–Trinajstić information content (AvgIpc) is 2.04. The Morgan fingerprint density at radius 1 is 1.38 bits per heavy atom. The van der Waals surface area contributed by atoms with E-state index in [0.29, 0.717) is 0 Å². The number of benzene rings is 1. The van der Waals surface area contributed by atoms with E-state index in [1.54, 1.807) is 6.92 Å². The summed E-state index contributed by atoms with van der Waals surface area (Å²) in [7, 11) is 0. The molecule has 3 heteroatoms. The largest absolute Gasteiger partial charge is 0.478 e. The standard InChI is InChI=1S/C10H9IO2/c1-7(6-10(12)13)8-2-4-9(11)5-3-8/h2-6H,1H3,(H,12,13). The fourth-order valence-corrected chi connectivity index (χ4v) is 1.34. The molecule has 0 fully saturated rings. The normalized spacial score (nSPS) is 11.4. The molecule has 0 radical (unpaired) electrons. The van der Waals surface area contributed by atoms with Crippen LogP contribution in [0.5, 0.6) is 0 Å². The van der Waals surface area contributed by atoms with Gasteiger partial charge in [-0.15, -0.1) is 0 Å². The number of halogens is 1. The molecule has 0 bridgehead atoms. The molecule has 0 aliphatic carbocycles. The minimum absolute atomic E-state index is 0.768. The van der Waals surface area contributed by atoms with Gasteiger partial charge in [-0.1, -0.05) is 12.1 Å². The summed E-state index contributed by atoms with van der Waals surface area (Å²) >= 11 is 2.21. The first-order valence-corrected chi connectivity index (χ1v) is 4.84. The predicted molar refractivity (Wildman–Crippen MR) is 60.4 cm³/mol. The van der Waals surface area contributed by atoms with Crippen molar-refractivity contribution >= 4 is 34.1 Å². The number of aliphatic carboxylic acids is 1. The fraction of sp³-hybridized carbons (Fsp3) is 0.100. The number of hydrogen-bond acceptors (Lipinski definition) is 1. The number of rotatable bonds is 2. The summed E-state index contributed by atoms with van der Waals surface area (Å²) in [5.41, 5.74) is 1.71. The number of allylic oxidation sites excluding steroid dienone is 1. The van der Waals surface area contributed by atoms with E-state index < -0.39 is 5.97 Å². The molecule has 0 saturated carbocycles. The van der Waals surface area contributed by atoms with E-state index in [1.165, 1.54) is 6.08 Å². The lowest BCUT2D eigenvalue weighted by Gasteiger charge is -1.99. The molecule has 0 aliphatic heterocycles. The zero-order valence-corrected chi connectivity index (χ0v) is 9.28. The number of hydrogen-bond donors (Lipinski definition) is 1. The van der Waals surface area contributed by atoms with Crippen molar-refractivity contribution in [2.75, 3.05) is 0 Å². The molecule has 1 N–H and O–H groups in total. The summed E-state index contributed by atoms with van der Waals surface area (Å²) in [6, 6.07) is 7.73. The lowest BCUT2D eigenvalue weighted by Crippen LogP contribution is -1.89. The molecule has 0 saturated heterocycles. The van der Waals surface area contributed by atoms with Crippen molar-refractivity contribution in [1.29, 1.82) is 0 Å². The number of carboxylic acids is 1. The van der Waals surface area contributed by atoms with Crippen molar-refractivity contribution < 1.29 is 9.90 Å². The second kappa shape index (κ2) is 4.41. The first-order chi connectivity index (χ1) is 6.09. The maximum Gasteiger partial charge on any atom is 0.328 e. The molecule has 0 heterocycles. The Hall–Kier alpha value is -0.840. The predicted octanol–water partition coefficient (Wildman–Crippen LogP) is 2.78. The van der Waals surface area contributed by atoms with Gasteiger partial charge in [0.25, 0.3) is 0 Å². The zero-order valence-electron chi connectivity index (χ0n) is 7.12. The number of carboxylic acid groups (broad SMARTS) is 1. The smallest absolute Gasteiger partial charge is 0.328 e. The number of carbonyl (C=O) groups is 1. The van der Waals surface area contributed by atoms with Gasteiger partial charge in [0.05, 0.1) is 0 Å². The minimum Gasteiger partial charge on any atom is -0.478 e. The van der Waals surface area contributed by atoms with Crippen molar-refractivity contribution in [2.24, 2.45) is 0 Å². The second-order valence-electron chi connectivity index (χ2n) is 2.67. The van der Waals surface area contributed by atoms with Crippen molar-refractivity contribution in [3.63, 3.8) is 0 Å². The molecule has 1 aromatic carbocycles. The third-order valence-electron chi connectivity index (χ3n) is 1.64. The fourth-order valence-electron chi connectivity index (χ4n) is 0.981. The van der Waals surface area contributed by atoms with Crippen LogP contribution in [-0.2, 0) is 4.79 Å². The Bertz CT molecular complexity index is 338. The lowest BCUT2D eigenvalue weighted by atomic mass is 10.1. The van der Waals surface area contributed by atoms with Gasteiger partial charge in [0.1, 0.15) is 0 Å². The van der Waals surface area contributed by atoms with E-state index in [-0.39, 0.29) is 0 Å². The van der Waals surface area contributed by atoms with Crippen molar-refractivity contribution in [1.82, 2.24) is 0 Å². The summed E-state index contributed by atoms with van der Waals surface area (Å²) in [5.74, 6) is -0.906. The molecule has 0 aromatic heterocycles. The lowest BCUT2D eigenvalue weighted by molar-refractivity contribution is -0.131. The first-order valence-electron chi connectivity index (χ1n) is 3.77. The highest BCUT2D eigenvalue weighted by Crippen LogP contribution is 2.15. The van der Waals surface area contributed by atoms with Gasteiger partial charge in [-0.05, 0) is 52.8 Å². The monoisotopic (exact) mass is 288 g/mol. The Kier molecular flexibility index (Phi) is 3.48. The van der Waals surface area contributed by atoms with E-state index in [4.69, 9.17) is 5.11 Å². The highest BCUT2D eigenvalue weighted by molar-refractivity contribution is 14.1. The zero-order chi connectivity index (χ0) is 9.84. The van der Waals surface area contributed by atoms with Crippen molar-refractivity contribution in [2.45, 2.75) is 6.92 Å². The van der Waals surface area contributed by atoms with Crippen LogP contribution in [0.15, 0.2) is 30.3 Å². The Morgan fingerprint density at radius 3 is 2.38 bits per heavy atom. The third-order valence-corrected chi connectivity index (χ3v) is 2.36. The Balaban J connectivity index is 2.96. The average molecular weight is 288 g/mol. The topological polar surface area (TPSA) is 37.3 Å². The molecule has 0 atom stereocenters. The molecule has 1 rings (SSSR count). The van der Waals surface area contributed by atoms with Crippen LogP contribution in [0.1, 0.15) is 12.5 Å². The Morgan fingerprint density at radius 2 is 1.92 bits per heavy atom. The van der Waals surface area contributed by atoms with E-state index in [0.717, 1.165) is 14.7 Å². The summed E-state index contributed by atoms with van der Waals surface area (Å²) in [5, 5.41) is 8.52. The summed E-state index contributed by atoms with van der Waals surface area (Å²) in [6.45, 7) is 1.79. The van der Waals surface area contributed by atoms with Gasteiger partial charge in [0.15, 0.2) is 0 Å². The van der Waals surface area contributed by atoms with E-state index >= 15 is 0 Å². The van der Waals surface area contributed by atoms with Crippen LogP contribution < -0.4 is 0 Å². The first kappa shape index (κ1) is 10.2. The highest BCUT2D eigenvalue weighted by Gasteiger charge is 1.97.